The van der Waals surface area contributed by atoms with E-state index in [4.69, 9.17) is 9.73 Å². The number of nitrogens with zero attached hydrogens (tertiary/aromatic N) is 3. The molecule has 1 N–H and O–H groups in total. The van der Waals surface area contributed by atoms with Crippen LogP contribution >= 0.6 is 11.8 Å². The van der Waals surface area contributed by atoms with Crippen molar-refractivity contribution in [1.82, 2.24) is 5.01 Å². The van der Waals surface area contributed by atoms with Crippen molar-refractivity contribution in [3.63, 3.8) is 0 Å². The third-order valence-corrected chi connectivity index (χ3v) is 6.20. The van der Waals surface area contributed by atoms with Gasteiger partial charge in [0.05, 0.1) is 7.11 Å². The molecule has 0 aromatic heterocycles. The number of carbonyl (C=O) groups is 1. The van der Waals surface area contributed by atoms with Gasteiger partial charge in [0.2, 0.25) is 0 Å². The van der Waals surface area contributed by atoms with E-state index >= 15 is 0 Å². The van der Waals surface area contributed by atoms with E-state index in [0.29, 0.717) is 5.17 Å². The fraction of sp³-hybridized carbons (Fsp3) is 0.286. The number of rotatable bonds is 2. The van der Waals surface area contributed by atoms with Crippen molar-refractivity contribution in [2.75, 3.05) is 19.5 Å². The Morgan fingerprint density at radius 2 is 1.71 bits per heavy atom. The van der Waals surface area contributed by atoms with Crippen LogP contribution in [0.3, 0.4) is 0 Å². The van der Waals surface area contributed by atoms with Crippen molar-refractivity contribution >= 4 is 40.0 Å². The van der Waals surface area contributed by atoms with Gasteiger partial charge in [-0.2, -0.15) is 5.10 Å². The number of benzene rings is 2. The summed E-state index contributed by atoms with van der Waals surface area (Å²) in [7, 11) is 3.27. The van der Waals surface area contributed by atoms with E-state index in [-0.39, 0.29) is 5.97 Å². The van der Waals surface area contributed by atoms with Gasteiger partial charge >= 0.3 is 5.97 Å². The molecule has 4 rings (SSSR count). The van der Waals surface area contributed by atoms with Gasteiger partial charge in [-0.3, -0.25) is 4.79 Å². The maximum atomic E-state index is 12.9. The van der Waals surface area contributed by atoms with E-state index in [1.807, 2.05) is 69.4 Å². The highest BCUT2D eigenvalue weighted by Crippen LogP contribution is 2.55. The fourth-order valence-electron chi connectivity index (χ4n) is 3.79. The number of hydrogen-bond acceptors (Lipinski definition) is 7. The first-order chi connectivity index (χ1) is 13.5. The average molecular weight is 395 g/mol. The molecule has 0 saturated carbocycles. The van der Waals surface area contributed by atoms with Crippen LogP contribution in [0.25, 0.3) is 0 Å². The molecule has 0 saturated heterocycles. The number of thioether (sulfide) groups is 1. The van der Waals surface area contributed by atoms with E-state index in [9.17, 15) is 4.79 Å². The number of methoxy groups -OCH3 is 1. The molecule has 6 nitrogen and oxygen atoms in total. The minimum absolute atomic E-state index is 0.305. The normalized spacial score (nSPS) is 18.4. The van der Waals surface area contributed by atoms with Crippen LogP contribution in [0.15, 0.2) is 58.6 Å². The molecule has 0 radical (unpaired) electrons. The van der Waals surface area contributed by atoms with Gasteiger partial charge in [-0.25, -0.2) is 10.0 Å². The summed E-state index contributed by atoms with van der Waals surface area (Å²) in [6.07, 6.45) is 0. The predicted octanol–water partition coefficient (Wildman–Crippen LogP) is 3.96. The molecule has 2 aromatic rings. The average Bonchev–Trinajstić information content (AvgIpc) is 3.09. The maximum Gasteiger partial charge on any atom is 0.322 e. The SMILES string of the molecule is COC(=O)[C@@H]1SC(N(C)N=C(C)C)=NC12c1ccccc1Nc1ccccc12. The lowest BCUT2D eigenvalue weighted by molar-refractivity contribution is -0.140. The number of nitrogens with one attached hydrogen (secondary N) is 1. The number of amidine groups is 1. The molecular weight excluding hydrogens is 372 g/mol. The molecule has 0 unspecified atom stereocenters. The summed E-state index contributed by atoms with van der Waals surface area (Å²) in [4.78, 5) is 18.0. The fourth-order valence-corrected chi connectivity index (χ4v) is 5.06. The highest BCUT2D eigenvalue weighted by atomic mass is 32.2. The third-order valence-electron chi connectivity index (χ3n) is 4.86. The van der Waals surface area contributed by atoms with Crippen molar-refractivity contribution in [3.8, 4) is 0 Å². The minimum atomic E-state index is -0.878. The first-order valence-corrected chi connectivity index (χ1v) is 9.91. The second kappa shape index (κ2) is 6.98. The highest BCUT2D eigenvalue weighted by molar-refractivity contribution is 8.15. The zero-order chi connectivity index (χ0) is 19.9. The van der Waals surface area contributed by atoms with Gasteiger partial charge in [0, 0.05) is 35.3 Å². The van der Waals surface area contributed by atoms with Crippen LogP contribution in [0.1, 0.15) is 25.0 Å². The summed E-state index contributed by atoms with van der Waals surface area (Å²) in [5.74, 6) is -0.305. The molecule has 2 aliphatic heterocycles. The van der Waals surface area contributed by atoms with Crippen LogP contribution < -0.4 is 5.32 Å². The first-order valence-electron chi connectivity index (χ1n) is 9.03. The van der Waals surface area contributed by atoms with Crippen molar-refractivity contribution in [2.24, 2.45) is 10.1 Å². The van der Waals surface area contributed by atoms with Crippen LogP contribution in [0.2, 0.25) is 0 Å². The molecule has 0 aliphatic carbocycles. The van der Waals surface area contributed by atoms with Crippen molar-refractivity contribution in [1.29, 1.82) is 0 Å². The number of para-hydroxylation sites is 2. The Bertz CT molecular complexity index is 952. The van der Waals surface area contributed by atoms with E-state index in [1.165, 1.54) is 18.9 Å². The number of carbonyl (C=O) groups excluding carboxylic acids is 1. The van der Waals surface area contributed by atoms with E-state index in [0.717, 1.165) is 28.2 Å². The second-order valence-electron chi connectivity index (χ2n) is 6.97. The first kappa shape index (κ1) is 18.6. The molecule has 2 heterocycles. The summed E-state index contributed by atoms with van der Waals surface area (Å²) in [5, 5.41) is 9.84. The van der Waals surface area contributed by atoms with Crippen LogP contribution in [0, 0.1) is 0 Å². The number of aliphatic imine (C=N–C) groups is 1. The summed E-state index contributed by atoms with van der Waals surface area (Å²) < 4.78 is 5.19. The van der Waals surface area contributed by atoms with E-state index in [1.54, 1.807) is 5.01 Å². The predicted molar refractivity (Wildman–Crippen MR) is 114 cm³/mol. The number of esters is 1. The summed E-state index contributed by atoms with van der Waals surface area (Å²) in [6, 6.07) is 16.0. The topological polar surface area (TPSA) is 66.3 Å². The summed E-state index contributed by atoms with van der Waals surface area (Å²) in [6.45, 7) is 3.86. The molecule has 28 heavy (non-hydrogen) atoms. The molecular formula is C21H22N4O2S. The Balaban J connectivity index is 1.99. The molecule has 0 amide bonds. The Kier molecular flexibility index (Phi) is 4.63. The molecule has 0 fully saturated rings. The van der Waals surface area contributed by atoms with Crippen molar-refractivity contribution in [2.45, 2.75) is 24.6 Å². The number of hydrazone groups is 1. The smallest absolute Gasteiger partial charge is 0.322 e. The van der Waals surface area contributed by atoms with Crippen LogP contribution in [-0.2, 0) is 15.1 Å². The molecule has 2 aliphatic rings. The Labute approximate surface area is 168 Å². The number of hydrogen-bond donors (Lipinski definition) is 1. The lowest BCUT2D eigenvalue weighted by Gasteiger charge is -2.38. The lowest BCUT2D eigenvalue weighted by Crippen LogP contribution is -2.42. The Morgan fingerprint density at radius 3 is 2.25 bits per heavy atom. The van der Waals surface area contributed by atoms with Crippen LogP contribution in [0.4, 0.5) is 11.4 Å². The zero-order valence-electron chi connectivity index (χ0n) is 16.3. The van der Waals surface area contributed by atoms with Gasteiger partial charge in [-0.15, -0.1) is 0 Å². The summed E-state index contributed by atoms with van der Waals surface area (Å²) >= 11 is 1.39. The standard InChI is InChI=1S/C21H22N4O2S/c1-13(2)24-25(3)20-23-21(18(28-20)19(26)27-4)14-9-5-7-11-16(14)22-17-12-8-6-10-15(17)21/h5-12,18,22H,1-4H3/t18-/m0/s1. The second-order valence-corrected chi connectivity index (χ2v) is 8.04. The Hall–Kier alpha value is -2.80. The van der Waals surface area contributed by atoms with Gasteiger partial charge in [0.1, 0.15) is 10.8 Å². The molecule has 1 atom stereocenters. The molecule has 7 heteroatoms. The highest BCUT2D eigenvalue weighted by Gasteiger charge is 2.56. The van der Waals surface area contributed by atoms with E-state index < -0.39 is 10.8 Å². The van der Waals surface area contributed by atoms with Crippen LogP contribution in [-0.4, -0.2) is 41.3 Å². The van der Waals surface area contributed by atoms with Gasteiger partial charge in [0.15, 0.2) is 5.17 Å². The number of ether oxygens (including phenoxy) is 1. The minimum Gasteiger partial charge on any atom is -0.468 e. The molecule has 1 spiro atoms. The zero-order valence-corrected chi connectivity index (χ0v) is 17.1. The Morgan fingerprint density at radius 1 is 1.14 bits per heavy atom. The van der Waals surface area contributed by atoms with Crippen molar-refractivity contribution < 1.29 is 9.53 Å². The maximum absolute atomic E-state index is 12.9. The third kappa shape index (κ3) is 2.77. The largest absolute Gasteiger partial charge is 0.468 e. The van der Waals surface area contributed by atoms with Crippen molar-refractivity contribution in [3.05, 3.63) is 59.7 Å². The van der Waals surface area contributed by atoms with Crippen LogP contribution in [0.5, 0.6) is 0 Å². The van der Waals surface area contributed by atoms with Gasteiger partial charge in [0.25, 0.3) is 0 Å². The van der Waals surface area contributed by atoms with E-state index in [2.05, 4.69) is 10.4 Å². The summed E-state index contributed by atoms with van der Waals surface area (Å²) in [5.41, 5.74) is 3.83. The quantitative estimate of drug-likeness (QED) is 0.474. The van der Waals surface area contributed by atoms with Gasteiger partial charge < -0.3 is 10.1 Å². The van der Waals surface area contributed by atoms with Gasteiger partial charge in [-0.05, 0) is 26.0 Å². The number of anilines is 2. The molecule has 2 aromatic carbocycles. The lowest BCUT2D eigenvalue weighted by atomic mass is 9.76. The monoisotopic (exact) mass is 394 g/mol. The molecule has 0 bridgehead atoms. The molecule has 144 valence electrons. The van der Waals surface area contributed by atoms with Gasteiger partial charge in [-0.1, -0.05) is 48.2 Å². The number of fused-ring (bicyclic) bond motifs is 4.